The topological polar surface area (TPSA) is 62.5 Å². The Bertz CT molecular complexity index is 463. The summed E-state index contributed by atoms with van der Waals surface area (Å²) in [4.78, 5) is 19.1. The summed E-state index contributed by atoms with van der Waals surface area (Å²) in [6.45, 7) is 7.74. The van der Waals surface area contributed by atoms with Crippen LogP contribution in [0.15, 0.2) is 18.3 Å². The molecule has 6 heteroatoms. The Balaban J connectivity index is 2.07. The summed E-state index contributed by atoms with van der Waals surface area (Å²) in [5.74, 6) is 1.36. The molecule has 1 fully saturated rings. The molecule has 0 N–H and O–H groups in total. The highest BCUT2D eigenvalue weighted by Gasteiger charge is 2.29. The highest BCUT2D eigenvalue weighted by atomic mass is 16.6. The summed E-state index contributed by atoms with van der Waals surface area (Å²) >= 11 is 0. The predicted octanol–water partition coefficient (Wildman–Crippen LogP) is 2.16. The first kappa shape index (κ1) is 14.7. The number of nitro groups is 1. The Kier molecular flexibility index (Phi) is 4.54. The van der Waals surface area contributed by atoms with E-state index in [9.17, 15) is 10.1 Å². The van der Waals surface area contributed by atoms with Crippen LogP contribution in [0, 0.1) is 16.0 Å². The van der Waals surface area contributed by atoms with E-state index in [1.165, 1.54) is 12.3 Å². The van der Waals surface area contributed by atoms with E-state index in [-0.39, 0.29) is 5.69 Å². The van der Waals surface area contributed by atoms with Gasteiger partial charge in [-0.15, -0.1) is 0 Å². The third-order valence-electron chi connectivity index (χ3n) is 4.19. The van der Waals surface area contributed by atoms with Crippen molar-refractivity contribution in [2.75, 3.05) is 31.6 Å². The molecule has 0 aliphatic carbocycles. The summed E-state index contributed by atoms with van der Waals surface area (Å²) in [5, 5.41) is 10.7. The molecule has 0 aromatic carbocycles. The van der Waals surface area contributed by atoms with E-state index in [1.807, 2.05) is 7.05 Å². The maximum absolute atomic E-state index is 10.7. The quantitative estimate of drug-likeness (QED) is 0.624. The second kappa shape index (κ2) is 6.17. The van der Waals surface area contributed by atoms with Crippen molar-refractivity contribution in [3.63, 3.8) is 0 Å². The van der Waals surface area contributed by atoms with Gasteiger partial charge in [-0.25, -0.2) is 4.98 Å². The van der Waals surface area contributed by atoms with Crippen LogP contribution in [0.3, 0.4) is 0 Å². The Morgan fingerprint density at radius 3 is 2.80 bits per heavy atom. The Hall–Kier alpha value is -1.69. The first-order chi connectivity index (χ1) is 9.52. The van der Waals surface area contributed by atoms with E-state index in [2.05, 4.69) is 28.6 Å². The van der Waals surface area contributed by atoms with Gasteiger partial charge in [0.1, 0.15) is 12.0 Å². The number of hydrogen-bond acceptors (Lipinski definition) is 5. The molecule has 0 bridgehead atoms. The number of piperidine rings is 1. The molecule has 0 spiro atoms. The molecule has 110 valence electrons. The molecule has 1 aliphatic heterocycles. The summed E-state index contributed by atoms with van der Waals surface area (Å²) in [5.41, 5.74) is 0.0380. The van der Waals surface area contributed by atoms with Crippen molar-refractivity contribution in [1.29, 1.82) is 0 Å². The number of nitrogens with zero attached hydrogens (tertiary/aromatic N) is 4. The second-order valence-corrected chi connectivity index (χ2v) is 5.47. The van der Waals surface area contributed by atoms with Gasteiger partial charge in [0.2, 0.25) is 0 Å². The van der Waals surface area contributed by atoms with Crippen LogP contribution >= 0.6 is 0 Å². The van der Waals surface area contributed by atoms with Gasteiger partial charge >= 0.3 is 0 Å². The van der Waals surface area contributed by atoms with E-state index in [4.69, 9.17) is 0 Å². The summed E-state index contributed by atoms with van der Waals surface area (Å²) in [6, 6.07) is 3.69. The molecule has 0 amide bonds. The Labute approximate surface area is 119 Å². The van der Waals surface area contributed by atoms with E-state index in [0.29, 0.717) is 12.0 Å². The smallest absolute Gasteiger partial charge is 0.287 e. The minimum Gasteiger partial charge on any atom is -0.356 e. The van der Waals surface area contributed by atoms with E-state index in [0.717, 1.165) is 31.9 Å². The lowest BCUT2D eigenvalue weighted by Gasteiger charge is -2.41. The molecule has 1 aliphatic rings. The van der Waals surface area contributed by atoms with E-state index in [1.54, 1.807) is 6.07 Å². The van der Waals surface area contributed by atoms with Crippen molar-refractivity contribution in [2.24, 2.45) is 5.92 Å². The van der Waals surface area contributed by atoms with Crippen LogP contribution in [0.2, 0.25) is 0 Å². The number of rotatable bonds is 4. The number of aromatic nitrogens is 1. The Morgan fingerprint density at radius 1 is 1.55 bits per heavy atom. The summed E-state index contributed by atoms with van der Waals surface area (Å²) in [6.07, 6.45) is 2.43. The van der Waals surface area contributed by atoms with Gasteiger partial charge in [-0.3, -0.25) is 10.1 Å². The van der Waals surface area contributed by atoms with Gasteiger partial charge in [0.15, 0.2) is 0 Å². The zero-order chi connectivity index (χ0) is 14.7. The first-order valence-electron chi connectivity index (χ1n) is 7.08. The van der Waals surface area contributed by atoms with Crippen LogP contribution < -0.4 is 4.90 Å². The minimum absolute atomic E-state index is 0.0380. The van der Waals surface area contributed by atoms with Gasteiger partial charge in [-0.05, 0) is 24.9 Å². The summed E-state index contributed by atoms with van der Waals surface area (Å²) < 4.78 is 0. The third-order valence-corrected chi connectivity index (χ3v) is 4.19. The number of hydrogen-bond donors (Lipinski definition) is 0. The van der Waals surface area contributed by atoms with Crippen molar-refractivity contribution in [3.8, 4) is 0 Å². The van der Waals surface area contributed by atoms with Gasteiger partial charge in [0.25, 0.3) is 5.69 Å². The SMILES string of the molecule is CCN1CCC(N(C)c2ccc([N+](=O)[O-])cn2)C(C)C1. The number of anilines is 1. The van der Waals surface area contributed by atoms with Crippen molar-refractivity contribution < 1.29 is 4.92 Å². The zero-order valence-corrected chi connectivity index (χ0v) is 12.3. The van der Waals surface area contributed by atoms with Gasteiger partial charge in [0.05, 0.1) is 4.92 Å². The molecule has 20 heavy (non-hydrogen) atoms. The maximum atomic E-state index is 10.7. The molecule has 0 saturated carbocycles. The average Bonchev–Trinajstić information content (AvgIpc) is 2.46. The summed E-state index contributed by atoms with van der Waals surface area (Å²) in [7, 11) is 2.02. The van der Waals surface area contributed by atoms with Crippen molar-refractivity contribution in [1.82, 2.24) is 9.88 Å². The van der Waals surface area contributed by atoms with Gasteiger partial charge in [-0.2, -0.15) is 0 Å². The zero-order valence-electron chi connectivity index (χ0n) is 12.3. The molecule has 2 unspecified atom stereocenters. The van der Waals surface area contributed by atoms with Gasteiger partial charge in [-0.1, -0.05) is 13.8 Å². The fourth-order valence-electron chi connectivity index (χ4n) is 2.95. The lowest BCUT2D eigenvalue weighted by molar-refractivity contribution is -0.385. The fraction of sp³-hybridized carbons (Fsp3) is 0.643. The molecule has 2 heterocycles. The molecule has 6 nitrogen and oxygen atoms in total. The highest BCUT2D eigenvalue weighted by molar-refractivity contribution is 5.43. The fourth-order valence-corrected chi connectivity index (χ4v) is 2.95. The molecule has 2 atom stereocenters. The van der Waals surface area contributed by atoms with Crippen LogP contribution in [0.25, 0.3) is 0 Å². The molecule has 1 aromatic rings. The normalized spacial score (nSPS) is 23.6. The maximum Gasteiger partial charge on any atom is 0.287 e. The number of pyridine rings is 1. The van der Waals surface area contributed by atoms with Gasteiger partial charge < -0.3 is 9.80 Å². The van der Waals surface area contributed by atoms with Crippen molar-refractivity contribution in [3.05, 3.63) is 28.4 Å². The van der Waals surface area contributed by atoms with Crippen LogP contribution in [0.4, 0.5) is 11.5 Å². The Morgan fingerprint density at radius 2 is 2.30 bits per heavy atom. The molecule has 0 radical (unpaired) electrons. The molecular formula is C14H22N4O2. The first-order valence-corrected chi connectivity index (χ1v) is 7.08. The molecule has 1 aromatic heterocycles. The molecular weight excluding hydrogens is 256 g/mol. The van der Waals surface area contributed by atoms with E-state index >= 15 is 0 Å². The lowest BCUT2D eigenvalue weighted by Crippen LogP contribution is -2.49. The lowest BCUT2D eigenvalue weighted by atomic mass is 9.92. The van der Waals surface area contributed by atoms with Crippen LogP contribution in [0.5, 0.6) is 0 Å². The van der Waals surface area contributed by atoms with Crippen molar-refractivity contribution >= 4 is 11.5 Å². The molecule has 1 saturated heterocycles. The monoisotopic (exact) mass is 278 g/mol. The average molecular weight is 278 g/mol. The highest BCUT2D eigenvalue weighted by Crippen LogP contribution is 2.25. The van der Waals surface area contributed by atoms with Crippen LogP contribution in [-0.4, -0.2) is 47.5 Å². The largest absolute Gasteiger partial charge is 0.356 e. The standard InChI is InChI=1S/C14H22N4O2/c1-4-17-8-7-13(11(2)10-17)16(3)14-6-5-12(9-15-14)18(19)20/h5-6,9,11,13H,4,7-8,10H2,1-3H3. The van der Waals surface area contributed by atoms with Crippen LogP contribution in [0.1, 0.15) is 20.3 Å². The predicted molar refractivity (Wildman–Crippen MR) is 79.0 cm³/mol. The molecule has 2 rings (SSSR count). The van der Waals surface area contributed by atoms with Gasteiger partial charge in [0, 0.05) is 32.2 Å². The van der Waals surface area contributed by atoms with Crippen LogP contribution in [-0.2, 0) is 0 Å². The third kappa shape index (κ3) is 3.07. The second-order valence-electron chi connectivity index (χ2n) is 5.47. The minimum atomic E-state index is -0.418. The number of likely N-dealkylation sites (tertiary alicyclic amines) is 1. The van der Waals surface area contributed by atoms with Crippen molar-refractivity contribution in [2.45, 2.75) is 26.3 Å². The van der Waals surface area contributed by atoms with E-state index < -0.39 is 4.92 Å².